The minimum atomic E-state index is 0.00259. The lowest BCUT2D eigenvalue weighted by Gasteiger charge is -2.15. The maximum Gasteiger partial charge on any atom is 0.188 e. The van der Waals surface area contributed by atoms with Crippen LogP contribution in [0.15, 0.2) is 4.99 Å². The Labute approximate surface area is 92.0 Å². The normalized spacial score (nSPS) is 14.3. The molecule has 3 N–H and O–H groups in total. The number of ether oxygens (including phenoxy) is 2. The lowest BCUT2D eigenvalue weighted by molar-refractivity contribution is 0.0315. The van der Waals surface area contributed by atoms with Crippen LogP contribution in [-0.2, 0) is 9.47 Å². The van der Waals surface area contributed by atoms with Crippen molar-refractivity contribution in [1.29, 1.82) is 0 Å². The van der Waals surface area contributed by atoms with Crippen molar-refractivity contribution in [3.63, 3.8) is 0 Å². The summed E-state index contributed by atoms with van der Waals surface area (Å²) in [4.78, 5) is 4.18. The molecule has 0 aromatic carbocycles. The van der Waals surface area contributed by atoms with E-state index in [4.69, 9.17) is 15.2 Å². The highest BCUT2D eigenvalue weighted by Gasteiger charge is 2.06. The smallest absolute Gasteiger partial charge is 0.188 e. The van der Waals surface area contributed by atoms with E-state index < -0.39 is 0 Å². The Hall–Kier alpha value is -0.810. The molecule has 0 rings (SSSR count). The van der Waals surface area contributed by atoms with Gasteiger partial charge in [-0.1, -0.05) is 13.8 Å². The van der Waals surface area contributed by atoms with E-state index in [1.807, 2.05) is 0 Å². The van der Waals surface area contributed by atoms with Gasteiger partial charge >= 0.3 is 0 Å². The summed E-state index contributed by atoms with van der Waals surface area (Å²) < 4.78 is 10.1. The predicted molar refractivity (Wildman–Crippen MR) is 62.0 cm³/mol. The Balaban J connectivity index is 3.76. The largest absolute Gasteiger partial charge is 0.382 e. The maximum atomic E-state index is 5.66. The summed E-state index contributed by atoms with van der Waals surface area (Å²) in [7, 11) is 3.29. The van der Waals surface area contributed by atoms with Crippen LogP contribution in [0.5, 0.6) is 0 Å². The molecule has 0 saturated carbocycles. The zero-order chi connectivity index (χ0) is 11.7. The van der Waals surface area contributed by atoms with Gasteiger partial charge in [0.1, 0.15) is 0 Å². The van der Waals surface area contributed by atoms with E-state index in [-0.39, 0.29) is 6.10 Å². The molecule has 0 aromatic heterocycles. The monoisotopic (exact) mass is 217 g/mol. The number of methoxy groups -OCH3 is 2. The minimum Gasteiger partial charge on any atom is -0.382 e. The second kappa shape index (κ2) is 8.49. The molecule has 15 heavy (non-hydrogen) atoms. The van der Waals surface area contributed by atoms with Gasteiger partial charge in [0, 0.05) is 27.3 Å². The van der Waals surface area contributed by atoms with Gasteiger partial charge in [-0.25, -0.2) is 0 Å². The summed E-state index contributed by atoms with van der Waals surface area (Å²) >= 11 is 0. The van der Waals surface area contributed by atoms with Gasteiger partial charge < -0.3 is 20.5 Å². The number of nitrogens with one attached hydrogen (secondary N) is 1. The molecule has 0 radical (unpaired) electrons. The van der Waals surface area contributed by atoms with Crippen molar-refractivity contribution in [2.24, 2.45) is 16.6 Å². The Morgan fingerprint density at radius 1 is 1.40 bits per heavy atom. The second-order valence-corrected chi connectivity index (χ2v) is 3.81. The fraction of sp³-hybridized carbons (Fsp3) is 0.900. The number of rotatable bonds is 7. The van der Waals surface area contributed by atoms with Crippen LogP contribution in [0.3, 0.4) is 0 Å². The van der Waals surface area contributed by atoms with Crippen molar-refractivity contribution < 1.29 is 9.47 Å². The standard InChI is InChI=1S/C10H23N3O2/c1-8(2)5-12-10(11)13-6-9(15-4)7-14-3/h8-9H,5-7H2,1-4H3,(H3,11,12,13). The molecule has 0 aliphatic rings. The SMILES string of the molecule is COCC(CNC(N)=NCC(C)C)OC. The first-order valence-electron chi connectivity index (χ1n) is 5.15. The van der Waals surface area contributed by atoms with Gasteiger partial charge in [-0.2, -0.15) is 0 Å². The van der Waals surface area contributed by atoms with Crippen molar-refractivity contribution in [1.82, 2.24) is 5.32 Å². The highest BCUT2D eigenvalue weighted by Crippen LogP contribution is 1.91. The number of aliphatic imine (C=N–C) groups is 1. The third-order valence-electron chi connectivity index (χ3n) is 1.82. The number of hydrogen-bond donors (Lipinski definition) is 2. The Kier molecular flexibility index (Phi) is 8.04. The quantitative estimate of drug-likeness (QED) is 0.472. The summed E-state index contributed by atoms with van der Waals surface area (Å²) in [6.07, 6.45) is 0.00259. The molecule has 5 heteroatoms. The third kappa shape index (κ3) is 8.20. The fourth-order valence-electron chi connectivity index (χ4n) is 0.951. The van der Waals surface area contributed by atoms with E-state index in [1.54, 1.807) is 14.2 Å². The van der Waals surface area contributed by atoms with Gasteiger partial charge in [-0.3, -0.25) is 4.99 Å². The molecule has 0 aliphatic carbocycles. The van der Waals surface area contributed by atoms with Crippen LogP contribution in [0, 0.1) is 5.92 Å². The first kappa shape index (κ1) is 14.2. The molecule has 0 bridgehead atoms. The number of hydrogen-bond acceptors (Lipinski definition) is 3. The molecule has 5 nitrogen and oxygen atoms in total. The van der Waals surface area contributed by atoms with Crippen LogP contribution in [0.4, 0.5) is 0 Å². The van der Waals surface area contributed by atoms with Crippen LogP contribution in [0.2, 0.25) is 0 Å². The van der Waals surface area contributed by atoms with Crippen LogP contribution in [-0.4, -0.2) is 46.0 Å². The summed E-state index contributed by atoms with van der Waals surface area (Å²) in [6.45, 7) is 6.08. The van der Waals surface area contributed by atoms with Crippen molar-refractivity contribution in [3.8, 4) is 0 Å². The van der Waals surface area contributed by atoms with Crippen molar-refractivity contribution in [2.75, 3.05) is 33.9 Å². The molecule has 0 fully saturated rings. The zero-order valence-electron chi connectivity index (χ0n) is 10.1. The van der Waals surface area contributed by atoms with Gasteiger partial charge in [0.25, 0.3) is 0 Å². The molecule has 0 amide bonds. The Morgan fingerprint density at radius 2 is 2.07 bits per heavy atom. The molecule has 0 aromatic rings. The maximum absolute atomic E-state index is 5.66. The molecule has 0 heterocycles. The highest BCUT2D eigenvalue weighted by atomic mass is 16.5. The lowest BCUT2D eigenvalue weighted by atomic mass is 10.2. The summed E-state index contributed by atoms with van der Waals surface area (Å²) in [5.41, 5.74) is 5.66. The van der Waals surface area contributed by atoms with E-state index in [0.717, 1.165) is 6.54 Å². The Bertz CT molecular complexity index is 184. The molecule has 90 valence electrons. The topological polar surface area (TPSA) is 68.9 Å². The first-order valence-corrected chi connectivity index (χ1v) is 5.15. The average Bonchev–Trinajstić information content (AvgIpc) is 2.21. The van der Waals surface area contributed by atoms with Crippen molar-refractivity contribution in [3.05, 3.63) is 0 Å². The fourth-order valence-corrected chi connectivity index (χ4v) is 0.951. The lowest BCUT2D eigenvalue weighted by Crippen LogP contribution is -2.39. The van der Waals surface area contributed by atoms with Crippen molar-refractivity contribution in [2.45, 2.75) is 20.0 Å². The van der Waals surface area contributed by atoms with Crippen LogP contribution in [0.25, 0.3) is 0 Å². The summed E-state index contributed by atoms with van der Waals surface area (Å²) in [5, 5.41) is 3.00. The van der Waals surface area contributed by atoms with E-state index in [0.29, 0.717) is 25.0 Å². The molecule has 0 spiro atoms. The predicted octanol–water partition coefficient (Wildman–Crippen LogP) is 0.208. The molecule has 0 saturated heterocycles. The molecular weight excluding hydrogens is 194 g/mol. The second-order valence-electron chi connectivity index (χ2n) is 3.81. The van der Waals surface area contributed by atoms with Crippen LogP contribution < -0.4 is 11.1 Å². The zero-order valence-corrected chi connectivity index (χ0v) is 10.1. The molecule has 1 unspecified atom stereocenters. The Morgan fingerprint density at radius 3 is 2.53 bits per heavy atom. The van der Waals surface area contributed by atoms with Gasteiger partial charge in [-0.15, -0.1) is 0 Å². The molecular formula is C10H23N3O2. The van der Waals surface area contributed by atoms with Crippen LogP contribution >= 0.6 is 0 Å². The van der Waals surface area contributed by atoms with Gasteiger partial charge in [0.05, 0.1) is 12.7 Å². The van der Waals surface area contributed by atoms with Gasteiger partial charge in [-0.05, 0) is 5.92 Å². The molecule has 1 atom stereocenters. The number of guanidine groups is 1. The van der Waals surface area contributed by atoms with E-state index >= 15 is 0 Å². The number of nitrogens with zero attached hydrogens (tertiary/aromatic N) is 1. The van der Waals surface area contributed by atoms with Crippen LogP contribution in [0.1, 0.15) is 13.8 Å². The van der Waals surface area contributed by atoms with E-state index in [2.05, 4.69) is 24.2 Å². The van der Waals surface area contributed by atoms with E-state index in [1.165, 1.54) is 0 Å². The summed E-state index contributed by atoms with van der Waals surface area (Å²) in [6, 6.07) is 0. The third-order valence-corrected chi connectivity index (χ3v) is 1.82. The molecule has 0 aliphatic heterocycles. The van der Waals surface area contributed by atoms with E-state index in [9.17, 15) is 0 Å². The minimum absolute atomic E-state index is 0.00259. The number of nitrogens with two attached hydrogens (primary N) is 1. The van der Waals surface area contributed by atoms with Gasteiger partial charge in [0.2, 0.25) is 0 Å². The first-order chi connectivity index (χ1) is 7.10. The van der Waals surface area contributed by atoms with Gasteiger partial charge in [0.15, 0.2) is 5.96 Å². The highest BCUT2D eigenvalue weighted by molar-refractivity contribution is 5.77. The van der Waals surface area contributed by atoms with Crippen molar-refractivity contribution >= 4 is 5.96 Å². The summed E-state index contributed by atoms with van der Waals surface area (Å²) in [5.74, 6) is 0.976. The average molecular weight is 217 g/mol.